The van der Waals surface area contributed by atoms with E-state index < -0.39 is 29.5 Å². The number of carboxylic acid groups (broad SMARTS) is 1. The Balaban J connectivity index is 2.14. The van der Waals surface area contributed by atoms with E-state index in [9.17, 15) is 22.8 Å². The maximum Gasteiger partial charge on any atom is 0.421 e. The first-order valence-electron chi connectivity index (χ1n) is 6.70. The number of pyridine rings is 1. The van der Waals surface area contributed by atoms with Crippen molar-refractivity contribution in [1.29, 1.82) is 0 Å². The first-order chi connectivity index (χ1) is 11.2. The highest BCUT2D eigenvalue weighted by Crippen LogP contribution is 2.40. The molecule has 0 bridgehead atoms. The van der Waals surface area contributed by atoms with Crippen molar-refractivity contribution in [3.05, 3.63) is 16.7 Å². The normalized spacial score (nSPS) is 14.3. The summed E-state index contributed by atoms with van der Waals surface area (Å²) in [5, 5.41) is 10.4. The van der Waals surface area contributed by atoms with Gasteiger partial charge in [-0.15, -0.1) is 11.8 Å². The second-order valence-electron chi connectivity index (χ2n) is 4.92. The van der Waals surface area contributed by atoms with Crippen LogP contribution in [0, 0.1) is 0 Å². The molecule has 1 fully saturated rings. The van der Waals surface area contributed by atoms with E-state index in [2.05, 4.69) is 10.3 Å². The molecule has 0 spiro atoms. The fourth-order valence-corrected chi connectivity index (χ4v) is 2.33. The van der Waals surface area contributed by atoms with Gasteiger partial charge in [0.1, 0.15) is 11.7 Å². The maximum atomic E-state index is 13.0. The lowest BCUT2D eigenvalue weighted by Crippen LogP contribution is -2.18. The standard InChI is InChI=1S/C13H12ClF3N2O4S/c14-8-3-7(13(15,16)17)12(23-6-1-2-6)19-11(8)18-9(20)4-24-5-10(21)22/h3,6H,1-2,4-5H2,(H,21,22)(H,18,19,20). The van der Waals surface area contributed by atoms with E-state index >= 15 is 0 Å². The van der Waals surface area contributed by atoms with Gasteiger partial charge in [0.25, 0.3) is 0 Å². The number of rotatable bonds is 7. The van der Waals surface area contributed by atoms with Crippen LogP contribution in [0.4, 0.5) is 19.0 Å². The zero-order valence-corrected chi connectivity index (χ0v) is 13.6. The molecule has 2 N–H and O–H groups in total. The van der Waals surface area contributed by atoms with Crippen molar-refractivity contribution in [2.24, 2.45) is 0 Å². The molecule has 11 heteroatoms. The Morgan fingerprint density at radius 2 is 2.08 bits per heavy atom. The van der Waals surface area contributed by atoms with Crippen LogP contribution in [0.2, 0.25) is 5.02 Å². The van der Waals surface area contributed by atoms with Gasteiger partial charge >= 0.3 is 12.1 Å². The van der Waals surface area contributed by atoms with E-state index in [-0.39, 0.29) is 28.5 Å². The number of halogens is 4. The number of carbonyl (C=O) groups is 2. The average Bonchev–Trinajstić information content (AvgIpc) is 3.24. The van der Waals surface area contributed by atoms with Gasteiger partial charge in [0.15, 0.2) is 5.82 Å². The number of alkyl halides is 3. The molecule has 1 heterocycles. The van der Waals surface area contributed by atoms with Gasteiger partial charge < -0.3 is 15.2 Å². The Morgan fingerprint density at radius 3 is 2.62 bits per heavy atom. The molecule has 0 unspecified atom stereocenters. The largest absolute Gasteiger partial charge is 0.481 e. The van der Waals surface area contributed by atoms with Gasteiger partial charge in [-0.2, -0.15) is 18.2 Å². The third-order valence-electron chi connectivity index (χ3n) is 2.77. The Morgan fingerprint density at radius 1 is 1.42 bits per heavy atom. The molecule has 2 rings (SSSR count). The highest BCUT2D eigenvalue weighted by Gasteiger charge is 2.38. The molecule has 1 saturated carbocycles. The number of aliphatic carboxylic acids is 1. The minimum Gasteiger partial charge on any atom is -0.481 e. The van der Waals surface area contributed by atoms with Crippen molar-refractivity contribution in [3.8, 4) is 5.88 Å². The van der Waals surface area contributed by atoms with Crippen LogP contribution in [0.25, 0.3) is 0 Å². The highest BCUT2D eigenvalue weighted by atomic mass is 35.5. The Kier molecular flexibility index (Phi) is 5.81. The smallest absolute Gasteiger partial charge is 0.421 e. The molecule has 0 atom stereocenters. The molecule has 24 heavy (non-hydrogen) atoms. The van der Waals surface area contributed by atoms with E-state index in [4.69, 9.17) is 21.4 Å². The van der Waals surface area contributed by atoms with Crippen LogP contribution < -0.4 is 10.1 Å². The van der Waals surface area contributed by atoms with Gasteiger partial charge in [-0.05, 0) is 18.9 Å². The summed E-state index contributed by atoms with van der Waals surface area (Å²) in [5.74, 6) is -3.10. The molecule has 0 radical (unpaired) electrons. The molecule has 6 nitrogen and oxygen atoms in total. The fraction of sp³-hybridized carbons (Fsp3) is 0.462. The zero-order chi connectivity index (χ0) is 17.9. The summed E-state index contributed by atoms with van der Waals surface area (Å²) in [6.45, 7) is 0. The predicted octanol–water partition coefficient (Wildman–Crippen LogP) is 3.05. The molecule has 1 aliphatic rings. The molecule has 0 aromatic carbocycles. The van der Waals surface area contributed by atoms with Crippen molar-refractivity contribution in [2.75, 3.05) is 16.8 Å². The number of nitrogens with one attached hydrogen (secondary N) is 1. The van der Waals surface area contributed by atoms with Crippen molar-refractivity contribution < 1.29 is 32.6 Å². The summed E-state index contributed by atoms with van der Waals surface area (Å²) >= 11 is 6.59. The number of amides is 1. The van der Waals surface area contributed by atoms with Crippen LogP contribution in [0.5, 0.6) is 5.88 Å². The lowest BCUT2D eigenvalue weighted by atomic mass is 10.2. The first-order valence-corrected chi connectivity index (χ1v) is 8.24. The molecule has 1 aliphatic carbocycles. The van der Waals surface area contributed by atoms with E-state index in [1.807, 2.05) is 0 Å². The summed E-state index contributed by atoms with van der Waals surface area (Å²) in [6.07, 6.45) is -3.75. The van der Waals surface area contributed by atoms with Crippen LogP contribution in [0.15, 0.2) is 6.07 Å². The van der Waals surface area contributed by atoms with Crippen LogP contribution in [-0.2, 0) is 15.8 Å². The number of thioether (sulfide) groups is 1. The Labute approximate surface area is 143 Å². The molecular formula is C13H12ClF3N2O4S. The number of anilines is 1. The van der Waals surface area contributed by atoms with E-state index in [0.717, 1.165) is 11.8 Å². The molecule has 1 amide bonds. The van der Waals surface area contributed by atoms with Crippen molar-refractivity contribution in [2.45, 2.75) is 25.1 Å². The average molecular weight is 385 g/mol. The number of aromatic nitrogens is 1. The minimum atomic E-state index is -4.69. The Bertz CT molecular complexity index is 653. The summed E-state index contributed by atoms with van der Waals surface area (Å²) in [4.78, 5) is 25.7. The van der Waals surface area contributed by atoms with Crippen LogP contribution in [0.1, 0.15) is 18.4 Å². The van der Waals surface area contributed by atoms with Crippen molar-refractivity contribution in [1.82, 2.24) is 4.98 Å². The van der Waals surface area contributed by atoms with Gasteiger partial charge in [0.05, 0.1) is 16.5 Å². The quantitative estimate of drug-likeness (QED) is 0.751. The number of carbonyl (C=O) groups excluding carboxylic acids is 1. The van der Waals surface area contributed by atoms with Crippen molar-refractivity contribution in [3.63, 3.8) is 0 Å². The van der Waals surface area contributed by atoms with Crippen LogP contribution in [-0.4, -0.2) is 39.6 Å². The summed E-state index contributed by atoms with van der Waals surface area (Å²) < 4.78 is 44.2. The molecular weight excluding hydrogens is 373 g/mol. The van der Waals surface area contributed by atoms with E-state index in [1.54, 1.807) is 0 Å². The number of nitrogens with zero attached hydrogens (tertiary/aromatic N) is 1. The van der Waals surface area contributed by atoms with Gasteiger partial charge in [0, 0.05) is 0 Å². The van der Waals surface area contributed by atoms with Gasteiger partial charge in [-0.1, -0.05) is 11.6 Å². The number of carboxylic acids is 1. The number of hydrogen-bond acceptors (Lipinski definition) is 5. The van der Waals surface area contributed by atoms with Gasteiger partial charge in [-0.25, -0.2) is 0 Å². The van der Waals surface area contributed by atoms with Crippen LogP contribution >= 0.6 is 23.4 Å². The second-order valence-corrected chi connectivity index (χ2v) is 6.31. The molecule has 1 aromatic heterocycles. The summed E-state index contributed by atoms with van der Waals surface area (Å²) in [6, 6.07) is 0.645. The summed E-state index contributed by atoms with van der Waals surface area (Å²) in [5.41, 5.74) is -1.11. The maximum absolute atomic E-state index is 13.0. The van der Waals surface area contributed by atoms with Crippen molar-refractivity contribution >= 4 is 41.1 Å². The third kappa shape index (κ3) is 5.45. The second kappa shape index (κ2) is 7.47. The SMILES string of the molecule is O=C(O)CSCC(=O)Nc1nc(OC2CC2)c(C(F)(F)F)cc1Cl. The van der Waals surface area contributed by atoms with Gasteiger partial charge in [0.2, 0.25) is 11.8 Å². The monoisotopic (exact) mass is 384 g/mol. The first kappa shape index (κ1) is 18.7. The topological polar surface area (TPSA) is 88.5 Å². The molecule has 0 saturated heterocycles. The van der Waals surface area contributed by atoms with E-state index in [1.165, 1.54) is 0 Å². The number of hydrogen-bond donors (Lipinski definition) is 2. The zero-order valence-electron chi connectivity index (χ0n) is 12.0. The fourth-order valence-electron chi connectivity index (χ4n) is 1.60. The highest BCUT2D eigenvalue weighted by molar-refractivity contribution is 8.00. The lowest BCUT2D eigenvalue weighted by Gasteiger charge is -2.15. The summed E-state index contributed by atoms with van der Waals surface area (Å²) in [7, 11) is 0. The lowest BCUT2D eigenvalue weighted by molar-refractivity contribution is -0.139. The van der Waals surface area contributed by atoms with Gasteiger partial charge in [-0.3, -0.25) is 9.59 Å². The number of ether oxygens (including phenoxy) is 1. The molecule has 132 valence electrons. The van der Waals surface area contributed by atoms with Crippen LogP contribution in [0.3, 0.4) is 0 Å². The van der Waals surface area contributed by atoms with E-state index in [0.29, 0.717) is 18.9 Å². The minimum absolute atomic E-state index is 0.204. The molecule has 0 aliphatic heterocycles. The third-order valence-corrected chi connectivity index (χ3v) is 3.97. The predicted molar refractivity (Wildman–Crippen MR) is 81.5 cm³/mol. The Hall–Kier alpha value is -1.68. The molecule has 1 aromatic rings.